The van der Waals surface area contributed by atoms with Crippen LogP contribution in [-0.2, 0) is 4.74 Å². The molecule has 1 rings (SSSR count). The van der Waals surface area contributed by atoms with Crippen LogP contribution < -0.4 is 0 Å². The second-order valence-electron chi connectivity index (χ2n) is 5.16. The first-order valence-electron chi connectivity index (χ1n) is 6.87. The average Bonchev–Trinajstić information content (AvgIpc) is 2.23. The normalized spacial score (nSPS) is 31.6. The van der Waals surface area contributed by atoms with Gasteiger partial charge in [-0.25, -0.2) is 0 Å². The molecule has 1 fully saturated rings. The molecule has 0 amide bonds. The van der Waals surface area contributed by atoms with Crippen LogP contribution in [0.5, 0.6) is 0 Å². The van der Waals surface area contributed by atoms with Gasteiger partial charge in [-0.15, -0.1) is 0 Å². The van der Waals surface area contributed by atoms with E-state index < -0.39 is 0 Å². The van der Waals surface area contributed by atoms with Crippen LogP contribution in [0.3, 0.4) is 0 Å². The monoisotopic (exact) mass is 212 g/mol. The fourth-order valence-corrected chi connectivity index (χ4v) is 2.69. The van der Waals surface area contributed by atoms with E-state index in [0.717, 1.165) is 5.92 Å². The van der Waals surface area contributed by atoms with E-state index in [0.29, 0.717) is 6.10 Å². The SMILES string of the molecule is CO[C@@H]1CCCCCCCCCC[C@H]1C. The van der Waals surface area contributed by atoms with Crippen LogP contribution in [-0.4, -0.2) is 13.2 Å². The first-order chi connectivity index (χ1) is 7.34. The van der Waals surface area contributed by atoms with Crippen LogP contribution in [0.1, 0.15) is 71.1 Å². The van der Waals surface area contributed by atoms with E-state index in [-0.39, 0.29) is 0 Å². The molecule has 1 saturated carbocycles. The third-order valence-electron chi connectivity index (χ3n) is 3.84. The lowest BCUT2D eigenvalue weighted by molar-refractivity contribution is 0.0453. The highest BCUT2D eigenvalue weighted by Gasteiger charge is 2.16. The molecule has 1 nitrogen and oxygen atoms in total. The average molecular weight is 212 g/mol. The standard InChI is InChI=1S/C14H28O/c1-13-11-9-7-5-3-4-6-8-10-12-14(13)15-2/h13-14H,3-12H2,1-2H3/t13-,14-/m1/s1. The fraction of sp³-hybridized carbons (Fsp3) is 1.00. The van der Waals surface area contributed by atoms with Gasteiger partial charge in [0.1, 0.15) is 0 Å². The Hall–Kier alpha value is -0.0400. The molecule has 0 aromatic carbocycles. The van der Waals surface area contributed by atoms with Crippen LogP contribution in [0.2, 0.25) is 0 Å². The molecule has 1 aliphatic rings. The summed E-state index contributed by atoms with van der Waals surface area (Å²) in [6, 6.07) is 0. The lowest BCUT2D eigenvalue weighted by Gasteiger charge is -2.23. The minimum absolute atomic E-state index is 0.518. The summed E-state index contributed by atoms with van der Waals surface area (Å²) >= 11 is 0. The zero-order chi connectivity index (χ0) is 10.9. The quantitative estimate of drug-likeness (QED) is 0.619. The van der Waals surface area contributed by atoms with Crippen molar-refractivity contribution in [1.29, 1.82) is 0 Å². The van der Waals surface area contributed by atoms with E-state index in [4.69, 9.17) is 4.74 Å². The minimum atomic E-state index is 0.518. The van der Waals surface area contributed by atoms with Crippen LogP contribution in [0.25, 0.3) is 0 Å². The Morgan fingerprint density at radius 2 is 1.20 bits per heavy atom. The van der Waals surface area contributed by atoms with Gasteiger partial charge in [-0.3, -0.25) is 0 Å². The molecule has 0 bridgehead atoms. The first kappa shape index (κ1) is 13.0. The largest absolute Gasteiger partial charge is 0.381 e. The molecule has 0 saturated heterocycles. The summed E-state index contributed by atoms with van der Waals surface area (Å²) in [6.07, 6.45) is 14.6. The summed E-state index contributed by atoms with van der Waals surface area (Å²) in [5.41, 5.74) is 0. The molecule has 0 aromatic heterocycles. The van der Waals surface area contributed by atoms with E-state index in [1.165, 1.54) is 64.2 Å². The summed E-state index contributed by atoms with van der Waals surface area (Å²) in [7, 11) is 1.88. The van der Waals surface area contributed by atoms with Gasteiger partial charge >= 0.3 is 0 Å². The molecule has 0 spiro atoms. The minimum Gasteiger partial charge on any atom is -0.381 e. The fourth-order valence-electron chi connectivity index (χ4n) is 2.69. The van der Waals surface area contributed by atoms with Crippen molar-refractivity contribution in [2.45, 2.75) is 77.2 Å². The van der Waals surface area contributed by atoms with Crippen molar-refractivity contribution in [3.8, 4) is 0 Å². The third kappa shape index (κ3) is 5.55. The maximum Gasteiger partial charge on any atom is 0.0596 e. The van der Waals surface area contributed by atoms with Crippen LogP contribution in [0.15, 0.2) is 0 Å². The Bertz CT molecular complexity index is 144. The van der Waals surface area contributed by atoms with Crippen molar-refractivity contribution in [3.05, 3.63) is 0 Å². The summed E-state index contributed by atoms with van der Waals surface area (Å²) in [6.45, 7) is 2.36. The van der Waals surface area contributed by atoms with E-state index in [9.17, 15) is 0 Å². The zero-order valence-electron chi connectivity index (χ0n) is 10.6. The zero-order valence-corrected chi connectivity index (χ0v) is 10.6. The lowest BCUT2D eigenvalue weighted by atomic mass is 9.92. The number of rotatable bonds is 1. The Morgan fingerprint density at radius 1 is 0.733 bits per heavy atom. The van der Waals surface area contributed by atoms with E-state index in [1.807, 2.05) is 7.11 Å². The second-order valence-corrected chi connectivity index (χ2v) is 5.16. The summed E-state index contributed by atoms with van der Waals surface area (Å²) in [5.74, 6) is 0.759. The van der Waals surface area contributed by atoms with Crippen molar-refractivity contribution in [2.24, 2.45) is 5.92 Å². The number of hydrogen-bond donors (Lipinski definition) is 0. The van der Waals surface area contributed by atoms with Crippen LogP contribution in [0.4, 0.5) is 0 Å². The van der Waals surface area contributed by atoms with Gasteiger partial charge in [0.05, 0.1) is 6.10 Å². The van der Waals surface area contributed by atoms with Gasteiger partial charge in [-0.05, 0) is 18.8 Å². The van der Waals surface area contributed by atoms with E-state index in [2.05, 4.69) is 6.92 Å². The molecule has 0 heterocycles. The Kier molecular flexibility index (Phi) is 7.08. The van der Waals surface area contributed by atoms with Gasteiger partial charge in [0.25, 0.3) is 0 Å². The van der Waals surface area contributed by atoms with E-state index in [1.54, 1.807) is 0 Å². The lowest BCUT2D eigenvalue weighted by Crippen LogP contribution is -2.20. The van der Waals surface area contributed by atoms with Crippen molar-refractivity contribution < 1.29 is 4.74 Å². The summed E-state index contributed by atoms with van der Waals surface area (Å²) < 4.78 is 5.61. The molecule has 0 N–H and O–H groups in total. The number of ether oxygens (including phenoxy) is 1. The predicted octanol–water partition coefficient (Wildman–Crippen LogP) is 4.55. The highest BCUT2D eigenvalue weighted by atomic mass is 16.5. The van der Waals surface area contributed by atoms with Gasteiger partial charge in [-0.1, -0.05) is 58.3 Å². The van der Waals surface area contributed by atoms with Gasteiger partial charge < -0.3 is 4.74 Å². The molecule has 15 heavy (non-hydrogen) atoms. The molecule has 1 heteroatoms. The first-order valence-corrected chi connectivity index (χ1v) is 6.87. The predicted molar refractivity (Wildman–Crippen MR) is 66.1 cm³/mol. The van der Waals surface area contributed by atoms with Gasteiger partial charge in [-0.2, -0.15) is 0 Å². The second kappa shape index (κ2) is 8.15. The van der Waals surface area contributed by atoms with Crippen molar-refractivity contribution in [1.82, 2.24) is 0 Å². The highest BCUT2D eigenvalue weighted by Crippen LogP contribution is 2.22. The number of hydrogen-bond acceptors (Lipinski definition) is 1. The Balaban J connectivity index is 2.30. The topological polar surface area (TPSA) is 9.23 Å². The number of methoxy groups -OCH3 is 1. The maximum atomic E-state index is 5.61. The Morgan fingerprint density at radius 3 is 1.73 bits per heavy atom. The molecule has 1 aliphatic carbocycles. The molecular weight excluding hydrogens is 184 g/mol. The molecule has 0 aromatic rings. The van der Waals surface area contributed by atoms with Crippen molar-refractivity contribution in [3.63, 3.8) is 0 Å². The third-order valence-corrected chi connectivity index (χ3v) is 3.84. The molecule has 0 radical (unpaired) electrons. The van der Waals surface area contributed by atoms with Crippen LogP contribution >= 0.6 is 0 Å². The maximum absolute atomic E-state index is 5.61. The molecule has 0 unspecified atom stereocenters. The Labute approximate surface area is 95.6 Å². The van der Waals surface area contributed by atoms with E-state index >= 15 is 0 Å². The molecule has 90 valence electrons. The van der Waals surface area contributed by atoms with Gasteiger partial charge in [0, 0.05) is 7.11 Å². The molecule has 0 aliphatic heterocycles. The van der Waals surface area contributed by atoms with Crippen molar-refractivity contribution in [2.75, 3.05) is 7.11 Å². The van der Waals surface area contributed by atoms with Gasteiger partial charge in [0.15, 0.2) is 0 Å². The summed E-state index contributed by atoms with van der Waals surface area (Å²) in [4.78, 5) is 0. The summed E-state index contributed by atoms with van der Waals surface area (Å²) in [5, 5.41) is 0. The molecular formula is C14H28O. The molecule has 2 atom stereocenters. The van der Waals surface area contributed by atoms with Crippen LogP contribution in [0, 0.1) is 5.92 Å². The van der Waals surface area contributed by atoms with Crippen molar-refractivity contribution >= 4 is 0 Å². The smallest absolute Gasteiger partial charge is 0.0596 e. The van der Waals surface area contributed by atoms with Gasteiger partial charge in [0.2, 0.25) is 0 Å². The highest BCUT2D eigenvalue weighted by molar-refractivity contribution is 4.67.